The molecule has 1 aromatic rings. The largest absolute Gasteiger partial charge is 0.487 e. The lowest BCUT2D eigenvalue weighted by molar-refractivity contribution is -0.144. The molecule has 0 N–H and O–H groups in total. The molecule has 1 rings (SSSR count). The van der Waals surface area contributed by atoms with Gasteiger partial charge in [0.1, 0.15) is 0 Å². The molecule has 1 atom stereocenters. The van der Waals surface area contributed by atoms with Crippen LogP contribution in [0.2, 0.25) is 0 Å². The first kappa shape index (κ1) is 12.6. The molecule has 0 radical (unpaired) electrons. The molecule has 0 saturated carbocycles. The van der Waals surface area contributed by atoms with Crippen molar-refractivity contribution >= 4 is 23.2 Å². The molecule has 1 aromatic heterocycles. The molecule has 0 bridgehead atoms. The monoisotopic (exact) mass is 239 g/mol. The third-order valence-electron chi connectivity index (χ3n) is 2.06. The van der Waals surface area contributed by atoms with E-state index in [2.05, 4.69) is 4.98 Å². The van der Waals surface area contributed by atoms with Crippen molar-refractivity contribution in [3.05, 3.63) is 29.6 Å². The summed E-state index contributed by atoms with van der Waals surface area (Å²) >= 11 is 5.01. The van der Waals surface area contributed by atoms with E-state index in [1.807, 2.05) is 13.0 Å². The minimum absolute atomic E-state index is 0.214. The second-order valence-electron chi connectivity index (χ2n) is 3.24. The molecule has 0 saturated heterocycles. The number of esters is 1. The van der Waals surface area contributed by atoms with Crippen molar-refractivity contribution in [2.75, 3.05) is 7.11 Å². The fraction of sp³-hybridized carbons (Fsp3) is 0.364. The summed E-state index contributed by atoms with van der Waals surface area (Å²) in [5.41, 5.74) is 1.69. The maximum atomic E-state index is 11.0. The molecule has 16 heavy (non-hydrogen) atoms. The fourth-order valence-electron chi connectivity index (χ4n) is 1.26. The molecular weight excluding hydrogens is 226 g/mol. The normalized spacial score (nSPS) is 11.7. The SMILES string of the molecule is COC(=S)C(OC(C)=O)c1cnccc1C. The van der Waals surface area contributed by atoms with E-state index in [0.717, 1.165) is 11.1 Å². The molecule has 4 nitrogen and oxygen atoms in total. The molecule has 1 heterocycles. The van der Waals surface area contributed by atoms with Crippen LogP contribution >= 0.6 is 12.2 Å². The molecule has 0 spiro atoms. The molecule has 86 valence electrons. The van der Waals surface area contributed by atoms with Crippen LogP contribution in [0, 0.1) is 6.92 Å². The first-order valence-electron chi connectivity index (χ1n) is 4.71. The average Bonchev–Trinajstić information content (AvgIpc) is 2.26. The molecular formula is C11H13NO3S. The topological polar surface area (TPSA) is 48.4 Å². The first-order chi connectivity index (χ1) is 7.56. The Morgan fingerprint density at radius 1 is 1.56 bits per heavy atom. The van der Waals surface area contributed by atoms with E-state index < -0.39 is 12.1 Å². The van der Waals surface area contributed by atoms with Gasteiger partial charge in [0.15, 0.2) is 6.10 Å². The predicted octanol–water partition coefficient (Wildman–Crippen LogP) is 1.97. The van der Waals surface area contributed by atoms with Crippen LogP contribution in [0.1, 0.15) is 24.2 Å². The Hall–Kier alpha value is -1.49. The Bertz CT molecular complexity index is 406. The standard InChI is InChI=1S/C11H13NO3S/c1-7-4-5-12-6-9(7)10(11(16)14-3)15-8(2)13/h4-6,10H,1-3H3. The minimum atomic E-state index is -0.675. The molecule has 0 aliphatic rings. The summed E-state index contributed by atoms with van der Waals surface area (Å²) < 4.78 is 10.1. The Labute approximate surface area is 99.6 Å². The van der Waals surface area contributed by atoms with E-state index in [-0.39, 0.29) is 5.05 Å². The Kier molecular flexibility index (Phi) is 4.37. The number of aryl methyl sites for hydroxylation is 1. The van der Waals surface area contributed by atoms with Crippen LogP contribution in [0.5, 0.6) is 0 Å². The van der Waals surface area contributed by atoms with Crippen LogP contribution in [0.25, 0.3) is 0 Å². The van der Waals surface area contributed by atoms with Gasteiger partial charge in [-0.05, 0) is 30.8 Å². The summed E-state index contributed by atoms with van der Waals surface area (Å²) in [7, 11) is 1.45. The zero-order valence-electron chi connectivity index (χ0n) is 9.39. The van der Waals surface area contributed by atoms with Crippen LogP contribution in [0.4, 0.5) is 0 Å². The van der Waals surface area contributed by atoms with Gasteiger partial charge < -0.3 is 9.47 Å². The molecule has 5 heteroatoms. The minimum Gasteiger partial charge on any atom is -0.487 e. The maximum absolute atomic E-state index is 11.0. The Morgan fingerprint density at radius 3 is 2.75 bits per heavy atom. The van der Waals surface area contributed by atoms with Crippen LogP contribution in [0.3, 0.4) is 0 Å². The van der Waals surface area contributed by atoms with Crippen molar-refractivity contribution in [2.24, 2.45) is 0 Å². The van der Waals surface area contributed by atoms with Gasteiger partial charge in [-0.15, -0.1) is 0 Å². The van der Waals surface area contributed by atoms with E-state index in [1.165, 1.54) is 14.0 Å². The smallest absolute Gasteiger partial charge is 0.303 e. The van der Waals surface area contributed by atoms with Crippen LogP contribution in [-0.4, -0.2) is 23.1 Å². The van der Waals surface area contributed by atoms with E-state index in [1.54, 1.807) is 12.4 Å². The maximum Gasteiger partial charge on any atom is 0.303 e. The highest BCUT2D eigenvalue weighted by atomic mass is 32.1. The van der Waals surface area contributed by atoms with Gasteiger partial charge in [-0.2, -0.15) is 0 Å². The highest BCUT2D eigenvalue weighted by Crippen LogP contribution is 2.22. The number of ether oxygens (including phenoxy) is 2. The number of methoxy groups -OCH3 is 1. The van der Waals surface area contributed by atoms with Gasteiger partial charge in [0.2, 0.25) is 5.05 Å². The van der Waals surface area contributed by atoms with Crippen molar-refractivity contribution in [1.82, 2.24) is 4.98 Å². The third kappa shape index (κ3) is 3.00. The third-order valence-corrected chi connectivity index (χ3v) is 2.44. The van der Waals surface area contributed by atoms with Gasteiger partial charge in [0.25, 0.3) is 0 Å². The zero-order chi connectivity index (χ0) is 12.1. The van der Waals surface area contributed by atoms with Gasteiger partial charge in [-0.25, -0.2) is 0 Å². The van der Waals surface area contributed by atoms with Crippen LogP contribution < -0.4 is 0 Å². The Morgan fingerprint density at radius 2 is 2.25 bits per heavy atom. The summed E-state index contributed by atoms with van der Waals surface area (Å²) in [5, 5.41) is 0.214. The van der Waals surface area contributed by atoms with Gasteiger partial charge >= 0.3 is 5.97 Å². The van der Waals surface area contributed by atoms with Gasteiger partial charge in [0, 0.05) is 24.9 Å². The molecule has 0 aliphatic carbocycles. The lowest BCUT2D eigenvalue weighted by Gasteiger charge is -2.18. The highest BCUT2D eigenvalue weighted by molar-refractivity contribution is 7.80. The number of thiocarbonyl (C=S) groups is 1. The highest BCUT2D eigenvalue weighted by Gasteiger charge is 2.22. The summed E-state index contributed by atoms with van der Waals surface area (Å²) in [6, 6.07) is 1.82. The molecule has 0 amide bonds. The number of aromatic nitrogens is 1. The van der Waals surface area contributed by atoms with Gasteiger partial charge in [0.05, 0.1) is 7.11 Å². The number of pyridine rings is 1. The molecule has 0 aliphatic heterocycles. The number of rotatable bonds is 3. The van der Waals surface area contributed by atoms with E-state index in [9.17, 15) is 4.79 Å². The summed E-state index contributed by atoms with van der Waals surface area (Å²) in [5.74, 6) is -0.410. The van der Waals surface area contributed by atoms with Crippen LogP contribution in [-0.2, 0) is 14.3 Å². The lowest BCUT2D eigenvalue weighted by atomic mass is 10.1. The fourth-order valence-corrected chi connectivity index (χ4v) is 1.44. The van der Waals surface area contributed by atoms with Crippen LogP contribution in [0.15, 0.2) is 18.5 Å². The zero-order valence-corrected chi connectivity index (χ0v) is 10.2. The first-order valence-corrected chi connectivity index (χ1v) is 5.12. The quantitative estimate of drug-likeness (QED) is 0.596. The lowest BCUT2D eigenvalue weighted by Crippen LogP contribution is -2.19. The van der Waals surface area contributed by atoms with Crippen molar-refractivity contribution in [1.29, 1.82) is 0 Å². The van der Waals surface area contributed by atoms with Gasteiger partial charge in [-0.3, -0.25) is 9.78 Å². The second kappa shape index (κ2) is 5.55. The molecule has 0 aromatic carbocycles. The second-order valence-corrected chi connectivity index (χ2v) is 3.65. The average molecular weight is 239 g/mol. The van der Waals surface area contributed by atoms with Crippen molar-refractivity contribution in [2.45, 2.75) is 20.0 Å². The molecule has 0 fully saturated rings. The number of nitrogens with zero attached hydrogens (tertiary/aromatic N) is 1. The number of carbonyl (C=O) groups excluding carboxylic acids is 1. The number of carbonyl (C=O) groups is 1. The van der Waals surface area contributed by atoms with Crippen molar-refractivity contribution in [3.63, 3.8) is 0 Å². The number of hydrogen-bond donors (Lipinski definition) is 0. The Balaban J connectivity index is 3.06. The van der Waals surface area contributed by atoms with E-state index in [4.69, 9.17) is 21.7 Å². The summed E-state index contributed by atoms with van der Waals surface area (Å²) in [4.78, 5) is 15.0. The van der Waals surface area contributed by atoms with E-state index in [0.29, 0.717) is 0 Å². The van der Waals surface area contributed by atoms with Gasteiger partial charge in [-0.1, -0.05) is 0 Å². The summed E-state index contributed by atoms with van der Waals surface area (Å²) in [6.45, 7) is 3.22. The predicted molar refractivity (Wildman–Crippen MR) is 63.1 cm³/mol. The number of hydrogen-bond acceptors (Lipinski definition) is 5. The molecule has 1 unspecified atom stereocenters. The van der Waals surface area contributed by atoms with Crippen molar-refractivity contribution < 1.29 is 14.3 Å². The van der Waals surface area contributed by atoms with Crippen molar-refractivity contribution in [3.8, 4) is 0 Å². The van der Waals surface area contributed by atoms with E-state index >= 15 is 0 Å². The summed E-state index contributed by atoms with van der Waals surface area (Å²) in [6.07, 6.45) is 2.61.